The molecule has 1 heterocycles. The molecule has 5 nitrogen and oxygen atoms in total. The summed E-state index contributed by atoms with van der Waals surface area (Å²) in [5.74, 6) is 0.230. The lowest BCUT2D eigenvalue weighted by atomic mass is 9.92. The molecular weight excluding hydrogens is 218 g/mol. The quantitative estimate of drug-likeness (QED) is 0.612. The smallest absolute Gasteiger partial charge is 0.224 e. The van der Waals surface area contributed by atoms with Gasteiger partial charge < -0.3 is 16.4 Å². The Kier molecular flexibility index (Phi) is 4.93. The van der Waals surface area contributed by atoms with Crippen molar-refractivity contribution in [3.8, 4) is 0 Å². The zero-order valence-electron chi connectivity index (χ0n) is 10.7. The van der Waals surface area contributed by atoms with Crippen LogP contribution in [0.3, 0.4) is 0 Å². The third kappa shape index (κ3) is 4.73. The van der Waals surface area contributed by atoms with Gasteiger partial charge in [0.25, 0.3) is 0 Å². The second-order valence-electron chi connectivity index (χ2n) is 5.42. The molecule has 0 aromatic carbocycles. The Morgan fingerprint density at radius 1 is 1.47 bits per heavy atom. The number of primary amides is 1. The van der Waals surface area contributed by atoms with Gasteiger partial charge in [-0.1, -0.05) is 0 Å². The topological polar surface area (TPSA) is 84.2 Å². The van der Waals surface area contributed by atoms with Crippen molar-refractivity contribution < 1.29 is 9.59 Å². The van der Waals surface area contributed by atoms with Crippen molar-refractivity contribution in [1.82, 2.24) is 10.6 Å². The lowest BCUT2D eigenvalue weighted by molar-refractivity contribution is -0.127. The number of nitrogens with two attached hydrogens (primary N) is 1. The van der Waals surface area contributed by atoms with Crippen molar-refractivity contribution in [3.63, 3.8) is 0 Å². The summed E-state index contributed by atoms with van der Waals surface area (Å²) in [6.45, 7) is 5.85. The highest BCUT2D eigenvalue weighted by molar-refractivity contribution is 5.82. The average Bonchev–Trinajstić information content (AvgIpc) is 2.76. The van der Waals surface area contributed by atoms with E-state index in [2.05, 4.69) is 10.6 Å². The Labute approximate surface area is 103 Å². The van der Waals surface area contributed by atoms with Gasteiger partial charge in [0, 0.05) is 13.0 Å². The maximum atomic E-state index is 11.6. The number of hydrogen-bond acceptors (Lipinski definition) is 3. The molecule has 1 atom stereocenters. The third-order valence-electron chi connectivity index (χ3n) is 3.34. The van der Waals surface area contributed by atoms with Gasteiger partial charge in [-0.15, -0.1) is 0 Å². The molecule has 0 bridgehead atoms. The Morgan fingerprint density at radius 3 is 2.71 bits per heavy atom. The van der Waals surface area contributed by atoms with Crippen molar-refractivity contribution in [2.45, 2.75) is 33.1 Å². The standard InChI is InChI=1S/C12H23N3O2/c1-12(2,11(13)17)8-15-10(16)4-3-9-5-6-14-7-9/h9,14H,3-8H2,1-2H3,(H2,13,17)(H,15,16). The van der Waals surface area contributed by atoms with Crippen LogP contribution < -0.4 is 16.4 Å². The average molecular weight is 241 g/mol. The van der Waals surface area contributed by atoms with E-state index in [9.17, 15) is 9.59 Å². The van der Waals surface area contributed by atoms with Crippen LogP contribution in [-0.4, -0.2) is 31.4 Å². The van der Waals surface area contributed by atoms with Crippen molar-refractivity contribution in [1.29, 1.82) is 0 Å². The minimum atomic E-state index is -0.676. The molecule has 1 saturated heterocycles. The van der Waals surface area contributed by atoms with Gasteiger partial charge in [0.2, 0.25) is 11.8 Å². The van der Waals surface area contributed by atoms with Crippen LogP contribution >= 0.6 is 0 Å². The SMILES string of the molecule is CC(C)(CNC(=O)CCC1CCNC1)C(N)=O. The molecule has 0 aromatic rings. The molecule has 0 aliphatic carbocycles. The molecule has 0 aromatic heterocycles. The van der Waals surface area contributed by atoms with Crippen molar-refractivity contribution in [2.75, 3.05) is 19.6 Å². The zero-order chi connectivity index (χ0) is 12.9. The number of rotatable bonds is 6. The van der Waals surface area contributed by atoms with Crippen molar-refractivity contribution >= 4 is 11.8 Å². The highest BCUT2D eigenvalue weighted by atomic mass is 16.2. The maximum Gasteiger partial charge on any atom is 0.224 e. The van der Waals surface area contributed by atoms with Gasteiger partial charge >= 0.3 is 0 Å². The molecule has 0 radical (unpaired) electrons. The summed E-state index contributed by atoms with van der Waals surface area (Å²) in [7, 11) is 0. The molecule has 2 amide bonds. The van der Waals surface area contributed by atoms with Crippen LogP contribution in [0.15, 0.2) is 0 Å². The summed E-state index contributed by atoms with van der Waals surface area (Å²) in [6, 6.07) is 0. The first-order chi connectivity index (χ1) is 7.92. The predicted octanol–water partition coefficient (Wildman–Crippen LogP) is 0.00380. The first-order valence-electron chi connectivity index (χ1n) is 6.19. The predicted molar refractivity (Wildman–Crippen MR) is 66.2 cm³/mol. The van der Waals surface area contributed by atoms with Crippen LogP contribution in [-0.2, 0) is 9.59 Å². The summed E-state index contributed by atoms with van der Waals surface area (Å²) < 4.78 is 0. The number of amides is 2. The minimum absolute atomic E-state index is 0.00576. The monoisotopic (exact) mass is 241 g/mol. The zero-order valence-corrected chi connectivity index (χ0v) is 10.7. The van der Waals surface area contributed by atoms with E-state index in [1.807, 2.05) is 0 Å². The summed E-state index contributed by atoms with van der Waals surface area (Å²) in [5, 5.41) is 6.04. The molecule has 0 saturated carbocycles. The molecule has 98 valence electrons. The fourth-order valence-corrected chi connectivity index (χ4v) is 1.79. The van der Waals surface area contributed by atoms with E-state index in [4.69, 9.17) is 5.73 Å². The Hall–Kier alpha value is -1.10. The number of hydrogen-bond donors (Lipinski definition) is 3. The molecule has 1 aliphatic rings. The van der Waals surface area contributed by atoms with Crippen LogP contribution in [0.5, 0.6) is 0 Å². The fraction of sp³-hybridized carbons (Fsp3) is 0.833. The first-order valence-corrected chi connectivity index (χ1v) is 6.19. The molecule has 1 fully saturated rings. The van der Waals surface area contributed by atoms with Gasteiger partial charge in [-0.3, -0.25) is 9.59 Å². The molecule has 0 spiro atoms. The molecular formula is C12H23N3O2. The Balaban J connectivity index is 2.18. The molecule has 1 rings (SSSR count). The molecule has 1 unspecified atom stereocenters. The van der Waals surface area contributed by atoms with Crippen LogP contribution in [0.1, 0.15) is 33.1 Å². The lowest BCUT2D eigenvalue weighted by Crippen LogP contribution is -2.42. The Bertz CT molecular complexity index is 283. The third-order valence-corrected chi connectivity index (χ3v) is 3.34. The number of carbonyl (C=O) groups excluding carboxylic acids is 2. The number of nitrogens with one attached hydrogen (secondary N) is 2. The molecule has 4 N–H and O–H groups in total. The lowest BCUT2D eigenvalue weighted by Gasteiger charge is -2.20. The van der Waals surface area contributed by atoms with Crippen molar-refractivity contribution in [2.24, 2.45) is 17.1 Å². The van der Waals surface area contributed by atoms with Crippen molar-refractivity contribution in [3.05, 3.63) is 0 Å². The van der Waals surface area contributed by atoms with Gasteiger partial charge in [0.1, 0.15) is 0 Å². The van der Waals surface area contributed by atoms with Crippen LogP contribution in [0.4, 0.5) is 0 Å². The van der Waals surface area contributed by atoms with Gasteiger partial charge in [0.15, 0.2) is 0 Å². The summed E-state index contributed by atoms with van der Waals surface area (Å²) in [6.07, 6.45) is 2.59. The van der Waals surface area contributed by atoms with Gasteiger partial charge in [-0.25, -0.2) is 0 Å². The summed E-state index contributed by atoms with van der Waals surface area (Å²) >= 11 is 0. The van der Waals surface area contributed by atoms with E-state index in [1.54, 1.807) is 13.8 Å². The van der Waals surface area contributed by atoms with E-state index >= 15 is 0 Å². The van der Waals surface area contributed by atoms with Gasteiger partial charge in [-0.2, -0.15) is 0 Å². The highest BCUT2D eigenvalue weighted by Gasteiger charge is 2.25. The van der Waals surface area contributed by atoms with Gasteiger partial charge in [-0.05, 0) is 45.7 Å². The Morgan fingerprint density at radius 2 is 2.18 bits per heavy atom. The summed E-state index contributed by atoms with van der Waals surface area (Å²) in [5.41, 5.74) is 4.56. The van der Waals surface area contributed by atoms with Gasteiger partial charge in [0.05, 0.1) is 5.41 Å². The highest BCUT2D eigenvalue weighted by Crippen LogP contribution is 2.15. The van der Waals surface area contributed by atoms with E-state index in [1.165, 1.54) is 0 Å². The summed E-state index contributed by atoms with van der Waals surface area (Å²) in [4.78, 5) is 22.6. The maximum absolute atomic E-state index is 11.6. The second kappa shape index (κ2) is 6.00. The largest absolute Gasteiger partial charge is 0.369 e. The van der Waals surface area contributed by atoms with Crippen LogP contribution in [0.25, 0.3) is 0 Å². The number of carbonyl (C=O) groups is 2. The molecule has 1 aliphatic heterocycles. The normalized spacial score (nSPS) is 20.2. The van der Waals surface area contributed by atoms with Crippen LogP contribution in [0.2, 0.25) is 0 Å². The van der Waals surface area contributed by atoms with Crippen LogP contribution in [0, 0.1) is 11.3 Å². The minimum Gasteiger partial charge on any atom is -0.369 e. The second-order valence-corrected chi connectivity index (χ2v) is 5.42. The molecule has 5 heteroatoms. The van der Waals surface area contributed by atoms with E-state index < -0.39 is 11.3 Å². The fourth-order valence-electron chi connectivity index (χ4n) is 1.79. The van der Waals surface area contributed by atoms with E-state index in [0.29, 0.717) is 18.9 Å². The van der Waals surface area contributed by atoms with E-state index in [-0.39, 0.29) is 5.91 Å². The van der Waals surface area contributed by atoms with E-state index in [0.717, 1.165) is 25.9 Å². The molecule has 17 heavy (non-hydrogen) atoms. The first kappa shape index (κ1) is 14.0.